The fraction of sp³-hybridized carbons (Fsp3) is 0.333. The number of anilines is 1. The Kier molecular flexibility index (Phi) is 4.37. The number of hydrogen-bond donors (Lipinski definition) is 1. The smallest absolute Gasteiger partial charge is 0.304 e. The number of benzene rings is 3. The summed E-state index contributed by atoms with van der Waals surface area (Å²) in [6.45, 7) is 2.98. The third-order valence-corrected chi connectivity index (χ3v) is 7.56. The molecule has 2 aliphatic heterocycles. The molecule has 2 heterocycles. The van der Waals surface area contributed by atoms with E-state index in [1.54, 1.807) is 4.90 Å². The number of fused-ring (bicyclic) bond motifs is 2. The van der Waals surface area contributed by atoms with E-state index >= 15 is 0 Å². The molecule has 5 nitrogen and oxygen atoms in total. The maximum Gasteiger partial charge on any atom is 0.304 e. The van der Waals surface area contributed by atoms with Crippen molar-refractivity contribution in [1.29, 1.82) is 0 Å². The molecule has 3 aromatic carbocycles. The van der Waals surface area contributed by atoms with Crippen LogP contribution < -0.4 is 10.2 Å². The van der Waals surface area contributed by atoms with Gasteiger partial charge in [-0.3, -0.25) is 14.5 Å². The van der Waals surface area contributed by atoms with Gasteiger partial charge in [-0.2, -0.15) is 0 Å². The summed E-state index contributed by atoms with van der Waals surface area (Å²) in [5.74, 6) is -0.0268. The number of piperidine rings is 1. The van der Waals surface area contributed by atoms with Crippen LogP contribution in [0.1, 0.15) is 47.9 Å². The number of rotatable bonds is 3. The molecule has 1 N–H and O–H groups in total. The van der Waals surface area contributed by atoms with Gasteiger partial charge in [0.2, 0.25) is 5.91 Å². The Morgan fingerprint density at radius 2 is 1.91 bits per heavy atom. The molecule has 6 rings (SSSR count). The molecule has 0 radical (unpaired) electrons. The second kappa shape index (κ2) is 7.17. The van der Waals surface area contributed by atoms with Crippen LogP contribution in [0.15, 0.2) is 54.6 Å². The molecule has 0 bridgehead atoms. The van der Waals surface area contributed by atoms with Gasteiger partial charge in [0.25, 0.3) is 0 Å². The van der Waals surface area contributed by atoms with E-state index < -0.39 is 5.41 Å². The van der Waals surface area contributed by atoms with Crippen molar-refractivity contribution in [2.45, 2.75) is 37.5 Å². The van der Waals surface area contributed by atoms with Crippen LogP contribution in [0.2, 0.25) is 0 Å². The van der Waals surface area contributed by atoms with Gasteiger partial charge in [0.05, 0.1) is 11.1 Å². The molecule has 1 fully saturated rings. The number of amides is 1. The van der Waals surface area contributed by atoms with Gasteiger partial charge in [-0.15, -0.1) is 0 Å². The molecule has 5 heteroatoms. The molecule has 0 aromatic heterocycles. The lowest BCUT2D eigenvalue weighted by molar-refractivity contribution is -0.141. The summed E-state index contributed by atoms with van der Waals surface area (Å²) in [4.78, 5) is 26.7. The normalized spacial score (nSPS) is 20.7. The van der Waals surface area contributed by atoms with Gasteiger partial charge in [0.1, 0.15) is 0 Å². The molecule has 1 spiro atoms. The van der Waals surface area contributed by atoms with Crippen LogP contribution in [0.5, 0.6) is 0 Å². The van der Waals surface area contributed by atoms with Crippen LogP contribution in [0, 0.1) is 0 Å². The summed E-state index contributed by atoms with van der Waals surface area (Å²) in [5.41, 5.74) is 5.47. The first-order valence-corrected chi connectivity index (χ1v) is 11.4. The Bertz CT molecular complexity index is 1250. The Hall–Kier alpha value is -3.18. The second-order valence-electron chi connectivity index (χ2n) is 9.23. The maximum atomic E-state index is 13.6. The molecule has 1 saturated heterocycles. The van der Waals surface area contributed by atoms with E-state index in [2.05, 4.69) is 59.9 Å². The fourth-order valence-electron chi connectivity index (χ4n) is 6.03. The molecule has 3 aromatic rings. The average Bonchev–Trinajstić information content (AvgIpc) is 3.29. The van der Waals surface area contributed by atoms with Crippen LogP contribution in [-0.2, 0) is 26.2 Å². The van der Waals surface area contributed by atoms with Crippen molar-refractivity contribution in [3.8, 4) is 0 Å². The van der Waals surface area contributed by atoms with E-state index in [0.717, 1.165) is 43.6 Å². The quantitative estimate of drug-likeness (QED) is 0.643. The van der Waals surface area contributed by atoms with E-state index in [1.165, 1.54) is 34.4 Å². The van der Waals surface area contributed by atoms with E-state index in [0.29, 0.717) is 0 Å². The van der Waals surface area contributed by atoms with Crippen molar-refractivity contribution in [3.63, 3.8) is 0 Å². The first-order valence-electron chi connectivity index (χ1n) is 11.4. The lowest BCUT2D eigenvalue weighted by Gasteiger charge is -2.33. The first-order chi connectivity index (χ1) is 15.6. The Morgan fingerprint density at radius 1 is 1.12 bits per heavy atom. The van der Waals surface area contributed by atoms with Gasteiger partial charge >= 0.3 is 5.97 Å². The van der Waals surface area contributed by atoms with Gasteiger partial charge in [-0.1, -0.05) is 48.5 Å². The molecule has 162 valence electrons. The zero-order valence-electron chi connectivity index (χ0n) is 18.2. The van der Waals surface area contributed by atoms with Gasteiger partial charge in [-0.25, -0.2) is 0 Å². The van der Waals surface area contributed by atoms with E-state index in [9.17, 15) is 9.59 Å². The second-order valence-corrected chi connectivity index (χ2v) is 9.23. The maximum absolute atomic E-state index is 13.6. The summed E-state index contributed by atoms with van der Waals surface area (Å²) >= 11 is 0. The average molecular weight is 427 g/mol. The molecule has 3 aliphatic rings. The zero-order chi connectivity index (χ0) is 21.9. The Morgan fingerprint density at radius 3 is 2.69 bits per heavy atom. The minimum absolute atomic E-state index is 0.0239. The number of esters is 1. The third kappa shape index (κ3) is 2.74. The topological polar surface area (TPSA) is 58.6 Å². The number of carbonyl (C=O) groups is 2. The third-order valence-electron chi connectivity index (χ3n) is 7.56. The van der Waals surface area contributed by atoms with Crippen molar-refractivity contribution in [3.05, 3.63) is 76.9 Å². The van der Waals surface area contributed by atoms with E-state index in [1.807, 2.05) is 0 Å². The van der Waals surface area contributed by atoms with Crippen molar-refractivity contribution < 1.29 is 14.3 Å². The van der Waals surface area contributed by atoms with Crippen LogP contribution in [-0.4, -0.2) is 31.7 Å². The van der Waals surface area contributed by atoms with Crippen LogP contribution in [0.3, 0.4) is 0 Å². The monoisotopic (exact) mass is 426 g/mol. The number of ether oxygens (including phenoxy) is 1. The van der Waals surface area contributed by atoms with Crippen molar-refractivity contribution in [2.24, 2.45) is 0 Å². The first kappa shape index (κ1) is 19.5. The summed E-state index contributed by atoms with van der Waals surface area (Å²) in [6, 6.07) is 19.6. The van der Waals surface area contributed by atoms with Gasteiger partial charge in [0.15, 0.2) is 6.73 Å². The summed E-state index contributed by atoms with van der Waals surface area (Å²) in [5, 5.41) is 6.06. The molecular formula is C27H26N2O3. The Balaban J connectivity index is 1.45. The van der Waals surface area contributed by atoms with Crippen LogP contribution in [0.25, 0.3) is 10.8 Å². The zero-order valence-corrected chi connectivity index (χ0v) is 18.2. The molecule has 32 heavy (non-hydrogen) atoms. The van der Waals surface area contributed by atoms with Crippen LogP contribution >= 0.6 is 0 Å². The Labute approximate surface area is 187 Å². The fourth-order valence-corrected chi connectivity index (χ4v) is 6.03. The number of hydrogen-bond acceptors (Lipinski definition) is 4. The highest BCUT2D eigenvalue weighted by Crippen LogP contribution is 2.49. The number of carbonyl (C=O) groups excluding carboxylic acids is 2. The van der Waals surface area contributed by atoms with Gasteiger partial charge < -0.3 is 10.1 Å². The lowest BCUT2D eigenvalue weighted by Crippen LogP contribution is -2.47. The molecule has 0 saturated carbocycles. The largest absolute Gasteiger partial charge is 0.444 e. The number of nitrogens with zero attached hydrogens (tertiary/aromatic N) is 1. The van der Waals surface area contributed by atoms with E-state index in [4.69, 9.17) is 4.74 Å². The molecule has 1 unspecified atom stereocenters. The van der Waals surface area contributed by atoms with Crippen molar-refractivity contribution in [2.75, 3.05) is 24.7 Å². The predicted molar refractivity (Wildman–Crippen MR) is 124 cm³/mol. The van der Waals surface area contributed by atoms with Gasteiger partial charge in [0, 0.05) is 12.8 Å². The van der Waals surface area contributed by atoms with Crippen molar-refractivity contribution >= 4 is 28.3 Å². The highest BCUT2D eigenvalue weighted by atomic mass is 16.5. The molecule has 1 amide bonds. The van der Waals surface area contributed by atoms with E-state index in [-0.39, 0.29) is 24.5 Å². The molecule has 1 atom stereocenters. The molecular weight excluding hydrogens is 400 g/mol. The lowest BCUT2D eigenvalue weighted by atomic mass is 9.73. The minimum Gasteiger partial charge on any atom is -0.444 e. The summed E-state index contributed by atoms with van der Waals surface area (Å²) < 4.78 is 5.25. The summed E-state index contributed by atoms with van der Waals surface area (Å²) in [6.07, 6.45) is 2.51. The number of nitrogens with one attached hydrogen (secondary N) is 1. The van der Waals surface area contributed by atoms with Gasteiger partial charge in [-0.05, 0) is 71.4 Å². The minimum atomic E-state index is -0.534. The molecule has 1 aliphatic carbocycles. The van der Waals surface area contributed by atoms with Crippen molar-refractivity contribution in [1.82, 2.24) is 5.32 Å². The SMILES string of the molecule is CC(=O)OCN1C(=O)C2(CCNCC2)c2cc(C3Cc4cccc5cccc3c45)ccc21. The highest BCUT2D eigenvalue weighted by Gasteiger charge is 2.51. The van der Waals surface area contributed by atoms with Crippen LogP contribution in [0.4, 0.5) is 5.69 Å². The summed E-state index contributed by atoms with van der Waals surface area (Å²) in [7, 11) is 0. The highest BCUT2D eigenvalue weighted by molar-refractivity contribution is 6.08. The standard InChI is InChI=1S/C27H26N2O3/c1-17(30)32-16-29-24-9-8-19(15-23(24)27(26(29)31)10-12-28-13-11-27)22-14-20-6-2-4-18-5-3-7-21(22)25(18)20/h2-9,15,22,28H,10-14,16H2,1H3. The predicted octanol–water partition coefficient (Wildman–Crippen LogP) is 4.02.